The van der Waals surface area contributed by atoms with Crippen LogP contribution in [0.5, 0.6) is 0 Å². The maximum absolute atomic E-state index is 3.96. The molecule has 1 aliphatic carbocycles. The number of aryl methyl sites for hydroxylation is 3. The Balaban J connectivity index is 1.37. The van der Waals surface area contributed by atoms with Crippen LogP contribution < -0.4 is 0 Å². The maximum atomic E-state index is 3.96. The zero-order chi connectivity index (χ0) is 19.3. The Kier molecular flexibility index (Phi) is 5.95. The molecule has 0 radical (unpaired) electrons. The zero-order valence-electron chi connectivity index (χ0n) is 17.2. The lowest BCUT2D eigenvalue weighted by Crippen LogP contribution is -2.11. The number of hydrogen-bond acceptors (Lipinski definition) is 0. The highest BCUT2D eigenvalue weighted by Gasteiger charge is 2.20. The van der Waals surface area contributed by atoms with Crippen molar-refractivity contribution in [1.29, 1.82) is 0 Å². The number of benzene rings is 3. The highest BCUT2D eigenvalue weighted by Crippen LogP contribution is 2.36. The van der Waals surface area contributed by atoms with Gasteiger partial charge in [0.15, 0.2) is 0 Å². The van der Waals surface area contributed by atoms with Crippen LogP contribution in [0.4, 0.5) is 0 Å². The molecule has 0 aliphatic heterocycles. The normalized spacial score (nSPS) is 19.6. The van der Waals surface area contributed by atoms with Gasteiger partial charge in [0.2, 0.25) is 0 Å². The lowest BCUT2D eigenvalue weighted by Gasteiger charge is -2.27. The molecule has 4 rings (SSSR count). The van der Waals surface area contributed by atoms with Gasteiger partial charge < -0.3 is 0 Å². The Labute approximate surface area is 170 Å². The first-order valence-corrected chi connectivity index (χ1v) is 11.0. The second kappa shape index (κ2) is 8.78. The van der Waals surface area contributed by atoms with E-state index < -0.39 is 0 Å². The smallest absolute Gasteiger partial charge is 0.0162 e. The molecule has 3 aromatic carbocycles. The summed E-state index contributed by atoms with van der Waals surface area (Å²) in [6, 6.07) is 23.2. The summed E-state index contributed by atoms with van der Waals surface area (Å²) in [5, 5.41) is 2.72. The minimum absolute atomic E-state index is 0.742. The Morgan fingerprint density at radius 2 is 1.32 bits per heavy atom. The highest BCUT2D eigenvalue weighted by atomic mass is 14.2. The van der Waals surface area contributed by atoms with E-state index in [1.165, 1.54) is 58.7 Å². The van der Waals surface area contributed by atoms with Crippen LogP contribution in [0.2, 0.25) is 0 Å². The largest absolute Gasteiger partial charge is 0.103 e. The molecule has 0 heterocycles. The van der Waals surface area contributed by atoms with Gasteiger partial charge in [0, 0.05) is 0 Å². The molecule has 0 N–H and O–H groups in total. The molecule has 0 bridgehead atoms. The summed E-state index contributed by atoms with van der Waals surface area (Å²) in [6.45, 7) is 6.18. The quantitative estimate of drug-likeness (QED) is 0.392. The number of fused-ring (bicyclic) bond motifs is 1. The fourth-order valence-corrected chi connectivity index (χ4v) is 4.65. The van der Waals surface area contributed by atoms with Gasteiger partial charge in [-0.2, -0.15) is 0 Å². The van der Waals surface area contributed by atoms with Crippen LogP contribution in [-0.2, 0) is 19.3 Å². The van der Waals surface area contributed by atoms with Crippen molar-refractivity contribution in [3.05, 3.63) is 95.6 Å². The van der Waals surface area contributed by atoms with Crippen molar-refractivity contribution in [2.45, 2.75) is 57.8 Å². The molecule has 0 unspecified atom stereocenters. The molecule has 28 heavy (non-hydrogen) atoms. The Hall–Kier alpha value is -2.34. The van der Waals surface area contributed by atoms with Gasteiger partial charge in [-0.1, -0.05) is 73.7 Å². The van der Waals surface area contributed by atoms with Gasteiger partial charge in [-0.05, 0) is 89.8 Å². The third-order valence-corrected chi connectivity index (χ3v) is 6.64. The van der Waals surface area contributed by atoms with E-state index in [1.54, 1.807) is 0 Å². The predicted octanol–water partition coefficient (Wildman–Crippen LogP) is 7.65. The number of allylic oxidation sites excluding steroid dienone is 1. The average molecular weight is 369 g/mol. The fraction of sp³-hybridized carbons (Fsp3) is 0.357. The molecular formula is C28H32. The molecule has 0 nitrogen and oxygen atoms in total. The van der Waals surface area contributed by atoms with Crippen LogP contribution in [0.1, 0.15) is 60.8 Å². The summed E-state index contributed by atoms with van der Waals surface area (Å²) in [5.74, 6) is 1.49. The van der Waals surface area contributed by atoms with E-state index in [0.29, 0.717) is 0 Å². The molecule has 144 valence electrons. The van der Waals surface area contributed by atoms with Gasteiger partial charge in [0.05, 0.1) is 0 Å². The van der Waals surface area contributed by atoms with Crippen molar-refractivity contribution in [3.8, 4) is 0 Å². The summed E-state index contributed by atoms with van der Waals surface area (Å²) < 4.78 is 0. The lowest BCUT2D eigenvalue weighted by atomic mass is 9.78. The van der Waals surface area contributed by atoms with Gasteiger partial charge in [-0.25, -0.2) is 0 Å². The first kappa shape index (κ1) is 19.0. The van der Waals surface area contributed by atoms with E-state index in [9.17, 15) is 0 Å². The van der Waals surface area contributed by atoms with Gasteiger partial charge in [-0.15, -0.1) is 6.58 Å². The van der Waals surface area contributed by atoms with Crippen molar-refractivity contribution >= 4 is 10.8 Å². The fourth-order valence-electron chi connectivity index (χ4n) is 4.65. The molecule has 3 aromatic rings. The van der Waals surface area contributed by atoms with E-state index in [1.807, 2.05) is 0 Å². The molecular weight excluding hydrogens is 336 g/mol. The summed E-state index contributed by atoms with van der Waals surface area (Å²) in [5.41, 5.74) is 5.83. The predicted molar refractivity (Wildman–Crippen MR) is 122 cm³/mol. The van der Waals surface area contributed by atoms with E-state index in [2.05, 4.69) is 80.2 Å². The van der Waals surface area contributed by atoms with Crippen LogP contribution in [0.25, 0.3) is 10.8 Å². The SMILES string of the molecule is C=CC1CCC(c2ccc(CCc3ccc4cc(CC)ccc4c3)cc2)CC1. The molecule has 1 saturated carbocycles. The Morgan fingerprint density at radius 3 is 1.96 bits per heavy atom. The highest BCUT2D eigenvalue weighted by molar-refractivity contribution is 5.83. The number of hydrogen-bond donors (Lipinski definition) is 0. The van der Waals surface area contributed by atoms with E-state index >= 15 is 0 Å². The van der Waals surface area contributed by atoms with E-state index in [0.717, 1.165) is 31.1 Å². The monoisotopic (exact) mass is 368 g/mol. The summed E-state index contributed by atoms with van der Waals surface area (Å²) in [7, 11) is 0. The van der Waals surface area contributed by atoms with E-state index in [4.69, 9.17) is 0 Å². The first-order valence-electron chi connectivity index (χ1n) is 11.0. The molecule has 0 aromatic heterocycles. The van der Waals surface area contributed by atoms with Crippen molar-refractivity contribution in [3.63, 3.8) is 0 Å². The van der Waals surface area contributed by atoms with E-state index in [-0.39, 0.29) is 0 Å². The molecule has 0 saturated heterocycles. The van der Waals surface area contributed by atoms with Crippen LogP contribution >= 0.6 is 0 Å². The van der Waals surface area contributed by atoms with Crippen LogP contribution in [0.3, 0.4) is 0 Å². The third-order valence-electron chi connectivity index (χ3n) is 6.64. The van der Waals surface area contributed by atoms with Crippen molar-refractivity contribution in [1.82, 2.24) is 0 Å². The Bertz CT molecular complexity index is 924. The molecule has 0 spiro atoms. The second-order valence-corrected chi connectivity index (χ2v) is 8.46. The third kappa shape index (κ3) is 4.38. The van der Waals surface area contributed by atoms with Crippen LogP contribution in [-0.4, -0.2) is 0 Å². The minimum Gasteiger partial charge on any atom is -0.103 e. The molecule has 0 heteroatoms. The van der Waals surface area contributed by atoms with Gasteiger partial charge in [0.25, 0.3) is 0 Å². The summed E-state index contributed by atoms with van der Waals surface area (Å²) in [4.78, 5) is 0. The van der Waals surface area contributed by atoms with Crippen LogP contribution in [0.15, 0.2) is 73.3 Å². The van der Waals surface area contributed by atoms with Crippen molar-refractivity contribution < 1.29 is 0 Å². The second-order valence-electron chi connectivity index (χ2n) is 8.46. The topological polar surface area (TPSA) is 0 Å². The molecule has 0 amide bonds. The summed E-state index contributed by atoms with van der Waals surface area (Å²) >= 11 is 0. The molecule has 0 atom stereocenters. The van der Waals surface area contributed by atoms with Crippen molar-refractivity contribution in [2.75, 3.05) is 0 Å². The first-order chi connectivity index (χ1) is 13.7. The standard InChI is InChI=1S/C28H32/c1-3-21-7-13-25(14-8-21)26-15-10-23(11-16-26)5-6-24-12-18-27-19-22(4-2)9-17-28(27)20-24/h3,9-12,15-21,25H,1,4-8,13-14H2,2H3. The summed E-state index contributed by atoms with van der Waals surface area (Å²) in [6.07, 6.45) is 10.7. The van der Waals surface area contributed by atoms with Gasteiger partial charge >= 0.3 is 0 Å². The zero-order valence-corrected chi connectivity index (χ0v) is 17.2. The minimum atomic E-state index is 0.742. The molecule has 1 fully saturated rings. The Morgan fingerprint density at radius 1 is 0.750 bits per heavy atom. The number of rotatable bonds is 6. The van der Waals surface area contributed by atoms with Gasteiger partial charge in [-0.3, -0.25) is 0 Å². The average Bonchev–Trinajstić information content (AvgIpc) is 2.77. The molecule has 1 aliphatic rings. The van der Waals surface area contributed by atoms with Gasteiger partial charge in [0.1, 0.15) is 0 Å². The van der Waals surface area contributed by atoms with Crippen LogP contribution in [0, 0.1) is 5.92 Å². The maximum Gasteiger partial charge on any atom is -0.0162 e. The lowest BCUT2D eigenvalue weighted by molar-refractivity contribution is 0.376. The van der Waals surface area contributed by atoms with Crippen molar-refractivity contribution in [2.24, 2.45) is 5.92 Å².